The molecule has 3 aromatic carbocycles. The lowest BCUT2D eigenvalue weighted by molar-refractivity contribution is -0.118. The number of fused-ring (bicyclic) bond motifs is 1. The van der Waals surface area contributed by atoms with Gasteiger partial charge in [-0.05, 0) is 77.5 Å². The second-order valence-corrected chi connectivity index (χ2v) is 9.32. The standard InChI is InChI=1S/C26H20FIN4O2/c1-15-21-22(16-10-12-18(27)13-11-16)23(29-25(33)17-6-5-7-19(28)14-17)26(34)30-24(21)32(31-15)20-8-3-2-4-9-20/h2-14,22-23H,1H3,(H,29,33)(H,30,34)/t22-,23-/m0/s1. The Balaban J connectivity index is 1.62. The molecule has 2 N–H and O–H groups in total. The van der Waals surface area contributed by atoms with Crippen molar-refractivity contribution >= 4 is 40.2 Å². The number of benzene rings is 3. The summed E-state index contributed by atoms with van der Waals surface area (Å²) < 4.78 is 16.3. The average molecular weight is 566 g/mol. The van der Waals surface area contributed by atoms with Gasteiger partial charge in [0.2, 0.25) is 5.91 Å². The highest BCUT2D eigenvalue weighted by Gasteiger charge is 2.41. The molecule has 2 atom stereocenters. The van der Waals surface area contributed by atoms with Crippen molar-refractivity contribution in [2.24, 2.45) is 0 Å². The van der Waals surface area contributed by atoms with E-state index in [-0.39, 0.29) is 17.6 Å². The van der Waals surface area contributed by atoms with Gasteiger partial charge in [-0.15, -0.1) is 0 Å². The number of aromatic nitrogens is 2. The van der Waals surface area contributed by atoms with E-state index in [0.29, 0.717) is 22.6 Å². The first-order chi connectivity index (χ1) is 16.4. The average Bonchev–Trinajstić information content (AvgIpc) is 3.16. The van der Waals surface area contributed by atoms with E-state index in [1.165, 1.54) is 12.1 Å². The maximum absolute atomic E-state index is 13.7. The zero-order chi connectivity index (χ0) is 23.8. The number of nitrogens with zero attached hydrogens (tertiary/aromatic N) is 2. The zero-order valence-electron chi connectivity index (χ0n) is 18.1. The maximum Gasteiger partial charge on any atom is 0.251 e. The van der Waals surface area contributed by atoms with Gasteiger partial charge in [0, 0.05) is 20.6 Å². The van der Waals surface area contributed by atoms with Crippen molar-refractivity contribution in [3.05, 3.63) is 111 Å². The monoisotopic (exact) mass is 566 g/mol. The molecule has 2 heterocycles. The van der Waals surface area contributed by atoms with E-state index in [1.807, 2.05) is 43.3 Å². The Labute approximate surface area is 209 Å². The van der Waals surface area contributed by atoms with Crippen LogP contribution < -0.4 is 10.6 Å². The molecule has 170 valence electrons. The molecule has 1 aliphatic rings. The molecule has 5 rings (SSSR count). The number of nitrogens with one attached hydrogen (secondary N) is 2. The summed E-state index contributed by atoms with van der Waals surface area (Å²) in [4.78, 5) is 26.5. The van der Waals surface area contributed by atoms with Crippen LogP contribution in [-0.4, -0.2) is 27.6 Å². The number of carbonyl (C=O) groups is 2. The Morgan fingerprint density at radius 1 is 1.06 bits per heavy atom. The fourth-order valence-electron chi connectivity index (χ4n) is 4.33. The Hall–Kier alpha value is -3.53. The number of carbonyl (C=O) groups excluding carboxylic acids is 2. The van der Waals surface area contributed by atoms with E-state index < -0.39 is 12.0 Å². The fraction of sp³-hybridized carbons (Fsp3) is 0.115. The SMILES string of the molecule is Cc1nn(-c2ccccc2)c2c1[C@H](c1ccc(F)cc1)[C@H](NC(=O)c1cccc(I)c1)C(=O)N2. The van der Waals surface area contributed by atoms with Crippen molar-refractivity contribution in [2.75, 3.05) is 5.32 Å². The van der Waals surface area contributed by atoms with E-state index in [0.717, 1.165) is 14.8 Å². The fourth-order valence-corrected chi connectivity index (χ4v) is 4.88. The molecule has 2 amide bonds. The summed E-state index contributed by atoms with van der Waals surface area (Å²) in [5, 5.41) is 10.5. The maximum atomic E-state index is 13.7. The van der Waals surface area contributed by atoms with Crippen molar-refractivity contribution in [3.63, 3.8) is 0 Å². The van der Waals surface area contributed by atoms with E-state index in [1.54, 1.807) is 35.0 Å². The number of hydrogen-bond acceptors (Lipinski definition) is 3. The summed E-state index contributed by atoms with van der Waals surface area (Å²) in [5.41, 5.74) is 3.46. The third-order valence-corrected chi connectivity index (χ3v) is 6.55. The third-order valence-electron chi connectivity index (χ3n) is 5.88. The summed E-state index contributed by atoms with van der Waals surface area (Å²) >= 11 is 2.14. The van der Waals surface area contributed by atoms with E-state index in [9.17, 15) is 14.0 Å². The smallest absolute Gasteiger partial charge is 0.251 e. The highest BCUT2D eigenvalue weighted by Crippen LogP contribution is 2.40. The van der Waals surface area contributed by atoms with Crippen molar-refractivity contribution in [2.45, 2.75) is 18.9 Å². The van der Waals surface area contributed by atoms with Crippen molar-refractivity contribution in [1.29, 1.82) is 0 Å². The molecular weight excluding hydrogens is 546 g/mol. The lowest BCUT2D eigenvalue weighted by atomic mass is 9.82. The molecule has 0 unspecified atom stereocenters. The first kappa shape index (κ1) is 22.3. The molecule has 34 heavy (non-hydrogen) atoms. The Bertz CT molecular complexity index is 1390. The minimum absolute atomic E-state index is 0.359. The van der Waals surface area contributed by atoms with Crippen LogP contribution in [0.5, 0.6) is 0 Å². The van der Waals surface area contributed by atoms with Crippen molar-refractivity contribution in [3.8, 4) is 5.69 Å². The van der Waals surface area contributed by atoms with Gasteiger partial charge in [-0.3, -0.25) is 9.59 Å². The number of amides is 2. The zero-order valence-corrected chi connectivity index (χ0v) is 20.3. The van der Waals surface area contributed by atoms with Gasteiger partial charge in [0.15, 0.2) is 0 Å². The summed E-state index contributed by atoms with van der Waals surface area (Å²) in [7, 11) is 0. The second kappa shape index (κ2) is 9.02. The lowest BCUT2D eigenvalue weighted by Crippen LogP contribution is -2.50. The molecule has 0 spiro atoms. The quantitative estimate of drug-likeness (QED) is 0.349. The van der Waals surface area contributed by atoms with Crippen LogP contribution in [0.1, 0.15) is 33.1 Å². The number of anilines is 1. The van der Waals surface area contributed by atoms with Crippen LogP contribution in [0, 0.1) is 16.3 Å². The minimum Gasteiger partial charge on any atom is -0.339 e. The van der Waals surface area contributed by atoms with Gasteiger partial charge >= 0.3 is 0 Å². The van der Waals surface area contributed by atoms with Crippen LogP contribution >= 0.6 is 22.6 Å². The van der Waals surface area contributed by atoms with Crippen LogP contribution in [0.2, 0.25) is 0 Å². The van der Waals surface area contributed by atoms with Gasteiger partial charge in [0.05, 0.1) is 11.4 Å². The van der Waals surface area contributed by atoms with Crippen LogP contribution in [0.4, 0.5) is 10.2 Å². The molecule has 0 radical (unpaired) electrons. The van der Waals surface area contributed by atoms with E-state index in [2.05, 4.69) is 38.3 Å². The molecule has 0 fully saturated rings. The molecule has 1 aliphatic heterocycles. The number of rotatable bonds is 4. The van der Waals surface area contributed by atoms with Gasteiger partial charge in [0.1, 0.15) is 17.7 Å². The van der Waals surface area contributed by atoms with Crippen LogP contribution in [0.15, 0.2) is 78.9 Å². The van der Waals surface area contributed by atoms with Gasteiger partial charge in [-0.25, -0.2) is 9.07 Å². The third kappa shape index (κ3) is 4.09. The van der Waals surface area contributed by atoms with Crippen molar-refractivity contribution in [1.82, 2.24) is 15.1 Å². The highest BCUT2D eigenvalue weighted by atomic mass is 127. The largest absolute Gasteiger partial charge is 0.339 e. The van der Waals surface area contributed by atoms with Crippen molar-refractivity contribution < 1.29 is 14.0 Å². The lowest BCUT2D eigenvalue weighted by Gasteiger charge is -2.32. The molecular formula is C26H20FIN4O2. The van der Waals surface area contributed by atoms with Gasteiger partial charge in [0.25, 0.3) is 5.91 Å². The summed E-state index contributed by atoms with van der Waals surface area (Å²) in [6, 6.07) is 21.7. The predicted octanol–water partition coefficient (Wildman–Crippen LogP) is 4.81. The molecule has 0 saturated carbocycles. The minimum atomic E-state index is -0.907. The molecule has 1 aromatic heterocycles. The van der Waals surface area contributed by atoms with E-state index >= 15 is 0 Å². The Morgan fingerprint density at radius 3 is 2.50 bits per heavy atom. The second-order valence-electron chi connectivity index (χ2n) is 8.07. The summed E-state index contributed by atoms with van der Waals surface area (Å²) in [6.07, 6.45) is 0. The first-order valence-electron chi connectivity index (χ1n) is 10.7. The highest BCUT2D eigenvalue weighted by molar-refractivity contribution is 14.1. The number of aryl methyl sites for hydroxylation is 1. The molecule has 0 saturated heterocycles. The number of halogens is 2. The predicted molar refractivity (Wildman–Crippen MR) is 136 cm³/mol. The summed E-state index contributed by atoms with van der Waals surface area (Å²) in [5.74, 6) is -1.10. The topological polar surface area (TPSA) is 76.0 Å². The molecule has 0 aliphatic carbocycles. The van der Waals surface area contributed by atoms with Crippen LogP contribution in [-0.2, 0) is 4.79 Å². The Morgan fingerprint density at radius 2 is 1.79 bits per heavy atom. The molecule has 0 bridgehead atoms. The summed E-state index contributed by atoms with van der Waals surface area (Å²) in [6.45, 7) is 1.87. The number of para-hydroxylation sites is 1. The van der Waals surface area contributed by atoms with Gasteiger partial charge < -0.3 is 10.6 Å². The molecule has 6 nitrogen and oxygen atoms in total. The van der Waals surface area contributed by atoms with Crippen LogP contribution in [0.25, 0.3) is 5.69 Å². The number of hydrogen-bond donors (Lipinski definition) is 2. The van der Waals surface area contributed by atoms with Gasteiger partial charge in [-0.2, -0.15) is 5.10 Å². The molecule has 4 aromatic rings. The normalized spacial score (nSPS) is 17.1. The Kier molecular flexibility index (Phi) is 5.91. The molecule has 8 heteroatoms. The first-order valence-corrected chi connectivity index (χ1v) is 11.8. The van der Waals surface area contributed by atoms with E-state index in [4.69, 9.17) is 0 Å². The van der Waals surface area contributed by atoms with Crippen LogP contribution in [0.3, 0.4) is 0 Å². The van der Waals surface area contributed by atoms with Gasteiger partial charge in [-0.1, -0.05) is 36.4 Å².